The Bertz CT molecular complexity index is 462. The molecular formula is C17H24N2O2. The van der Waals surface area contributed by atoms with E-state index in [2.05, 4.69) is 34.5 Å². The topological polar surface area (TPSA) is 41.6 Å². The average Bonchev–Trinajstić information content (AvgIpc) is 2.47. The van der Waals surface area contributed by atoms with E-state index in [4.69, 9.17) is 4.74 Å². The van der Waals surface area contributed by atoms with Crippen molar-refractivity contribution in [1.82, 2.24) is 5.32 Å². The fraction of sp³-hybridized carbons (Fsp3) is 0.588. The number of carbonyl (C=O) groups is 1. The summed E-state index contributed by atoms with van der Waals surface area (Å²) in [5.41, 5.74) is 2.54. The lowest BCUT2D eigenvalue weighted by Gasteiger charge is -2.29. The van der Waals surface area contributed by atoms with Gasteiger partial charge < -0.3 is 15.0 Å². The normalized spacial score (nSPS) is 19.1. The molecule has 2 aliphatic rings. The molecule has 4 heteroatoms. The summed E-state index contributed by atoms with van der Waals surface area (Å²) in [6, 6.07) is 8.68. The highest BCUT2D eigenvalue weighted by Gasteiger charge is 2.24. The van der Waals surface area contributed by atoms with Crippen LogP contribution in [-0.4, -0.2) is 38.8 Å². The van der Waals surface area contributed by atoms with Crippen LogP contribution in [0.1, 0.15) is 24.8 Å². The van der Waals surface area contributed by atoms with Gasteiger partial charge >= 0.3 is 0 Å². The molecule has 0 aromatic heterocycles. The molecule has 0 unspecified atom stereocenters. The predicted molar refractivity (Wildman–Crippen MR) is 83.5 cm³/mol. The van der Waals surface area contributed by atoms with Crippen molar-refractivity contribution in [2.75, 3.05) is 37.7 Å². The number of nitrogens with one attached hydrogen (secondary N) is 1. The van der Waals surface area contributed by atoms with Gasteiger partial charge in [0.1, 0.15) is 0 Å². The lowest BCUT2D eigenvalue weighted by atomic mass is 9.85. The van der Waals surface area contributed by atoms with Crippen LogP contribution in [0.4, 0.5) is 5.69 Å². The number of ether oxygens (including phenoxy) is 1. The smallest absolute Gasteiger partial charge is 0.223 e. The molecule has 0 atom stereocenters. The Hall–Kier alpha value is -1.55. The average molecular weight is 288 g/mol. The minimum absolute atomic E-state index is 0.242. The van der Waals surface area contributed by atoms with Crippen LogP contribution in [0.5, 0.6) is 0 Å². The van der Waals surface area contributed by atoms with Gasteiger partial charge in [0.25, 0.3) is 0 Å². The van der Waals surface area contributed by atoms with Gasteiger partial charge in [-0.25, -0.2) is 0 Å². The van der Waals surface area contributed by atoms with E-state index in [1.807, 2.05) is 0 Å². The molecule has 1 aromatic rings. The van der Waals surface area contributed by atoms with Crippen molar-refractivity contribution in [3.8, 4) is 0 Å². The van der Waals surface area contributed by atoms with Crippen molar-refractivity contribution in [3.05, 3.63) is 29.8 Å². The SMILES string of the molecule is O=C(NCCc1ccc(N2CCOCC2)cc1)C1CCC1. The van der Waals surface area contributed by atoms with Crippen molar-refractivity contribution < 1.29 is 9.53 Å². The summed E-state index contributed by atoms with van der Waals surface area (Å²) in [5.74, 6) is 0.528. The number of rotatable bonds is 5. The first kappa shape index (κ1) is 14.4. The molecule has 3 rings (SSSR count). The maximum Gasteiger partial charge on any atom is 0.223 e. The van der Waals surface area contributed by atoms with Crippen LogP contribution < -0.4 is 10.2 Å². The Balaban J connectivity index is 1.44. The van der Waals surface area contributed by atoms with Crippen molar-refractivity contribution in [2.45, 2.75) is 25.7 Å². The standard InChI is InChI=1S/C17H24N2O2/c20-17(15-2-1-3-15)18-9-8-14-4-6-16(7-5-14)19-10-12-21-13-11-19/h4-7,15H,1-3,8-13H2,(H,18,20). The van der Waals surface area contributed by atoms with Crippen LogP contribution in [0.25, 0.3) is 0 Å². The quantitative estimate of drug-likeness (QED) is 0.901. The van der Waals surface area contributed by atoms with E-state index in [9.17, 15) is 4.79 Å². The molecule has 1 saturated carbocycles. The Morgan fingerprint density at radius 2 is 1.90 bits per heavy atom. The molecule has 1 aliphatic heterocycles. The number of anilines is 1. The lowest BCUT2D eigenvalue weighted by Crippen LogP contribution is -2.36. The summed E-state index contributed by atoms with van der Waals surface area (Å²) in [7, 11) is 0. The highest BCUT2D eigenvalue weighted by Crippen LogP contribution is 2.26. The second kappa shape index (κ2) is 6.94. The summed E-state index contributed by atoms with van der Waals surface area (Å²) < 4.78 is 5.37. The lowest BCUT2D eigenvalue weighted by molar-refractivity contribution is -0.127. The van der Waals surface area contributed by atoms with E-state index in [1.54, 1.807) is 0 Å². The number of hydrogen-bond donors (Lipinski definition) is 1. The van der Waals surface area contributed by atoms with E-state index >= 15 is 0 Å². The number of hydrogen-bond acceptors (Lipinski definition) is 3. The monoisotopic (exact) mass is 288 g/mol. The zero-order valence-corrected chi connectivity index (χ0v) is 12.5. The number of amides is 1. The number of morpholine rings is 1. The van der Waals surface area contributed by atoms with Gasteiger partial charge in [0.2, 0.25) is 5.91 Å². The van der Waals surface area contributed by atoms with Gasteiger partial charge in [-0.3, -0.25) is 4.79 Å². The van der Waals surface area contributed by atoms with E-state index in [0.29, 0.717) is 0 Å². The second-order valence-corrected chi connectivity index (χ2v) is 5.93. The predicted octanol–water partition coefficient (Wildman–Crippen LogP) is 1.98. The third-order valence-corrected chi connectivity index (χ3v) is 4.50. The van der Waals surface area contributed by atoms with Crippen LogP contribution >= 0.6 is 0 Å². The maximum absolute atomic E-state index is 11.7. The summed E-state index contributed by atoms with van der Waals surface area (Å²) >= 11 is 0. The first-order chi connectivity index (χ1) is 10.3. The number of carbonyl (C=O) groups excluding carboxylic acids is 1. The third-order valence-electron chi connectivity index (χ3n) is 4.50. The van der Waals surface area contributed by atoms with E-state index < -0.39 is 0 Å². The van der Waals surface area contributed by atoms with Gasteiger partial charge in [-0.2, -0.15) is 0 Å². The maximum atomic E-state index is 11.7. The summed E-state index contributed by atoms with van der Waals surface area (Å²) in [6.07, 6.45) is 4.25. The summed E-state index contributed by atoms with van der Waals surface area (Å²) in [6.45, 7) is 4.31. The third kappa shape index (κ3) is 3.76. The van der Waals surface area contributed by atoms with Gasteiger partial charge in [0.05, 0.1) is 13.2 Å². The van der Waals surface area contributed by atoms with Gasteiger partial charge in [0.15, 0.2) is 0 Å². The highest BCUT2D eigenvalue weighted by atomic mass is 16.5. The summed E-state index contributed by atoms with van der Waals surface area (Å²) in [4.78, 5) is 14.1. The largest absolute Gasteiger partial charge is 0.378 e. The molecule has 0 bridgehead atoms. The Morgan fingerprint density at radius 3 is 2.52 bits per heavy atom. The van der Waals surface area contributed by atoms with Crippen molar-refractivity contribution in [1.29, 1.82) is 0 Å². The fourth-order valence-electron chi connectivity index (χ4n) is 2.84. The minimum Gasteiger partial charge on any atom is -0.378 e. The van der Waals surface area contributed by atoms with E-state index in [0.717, 1.165) is 52.1 Å². The molecule has 1 N–H and O–H groups in total. The van der Waals surface area contributed by atoms with Gasteiger partial charge in [0, 0.05) is 31.2 Å². The van der Waals surface area contributed by atoms with Crippen LogP contribution in [0, 0.1) is 5.92 Å². The van der Waals surface area contributed by atoms with Gasteiger partial charge in [-0.05, 0) is 37.0 Å². The zero-order valence-electron chi connectivity index (χ0n) is 12.5. The molecule has 2 fully saturated rings. The summed E-state index contributed by atoms with van der Waals surface area (Å²) in [5, 5.41) is 3.05. The van der Waals surface area contributed by atoms with Crippen LogP contribution in [0.2, 0.25) is 0 Å². The second-order valence-electron chi connectivity index (χ2n) is 5.93. The molecule has 1 aliphatic carbocycles. The molecule has 1 saturated heterocycles. The molecule has 1 amide bonds. The number of nitrogens with zero attached hydrogens (tertiary/aromatic N) is 1. The molecule has 114 valence electrons. The first-order valence-corrected chi connectivity index (χ1v) is 8.02. The zero-order chi connectivity index (χ0) is 14.5. The Kier molecular flexibility index (Phi) is 4.76. The molecule has 1 heterocycles. The molecule has 4 nitrogen and oxygen atoms in total. The Labute approximate surface area is 126 Å². The molecule has 0 radical (unpaired) electrons. The van der Waals surface area contributed by atoms with Gasteiger partial charge in [-0.1, -0.05) is 18.6 Å². The van der Waals surface area contributed by atoms with Crippen molar-refractivity contribution in [2.24, 2.45) is 5.92 Å². The van der Waals surface area contributed by atoms with E-state index in [1.165, 1.54) is 17.7 Å². The molecular weight excluding hydrogens is 264 g/mol. The van der Waals surface area contributed by atoms with E-state index in [-0.39, 0.29) is 11.8 Å². The Morgan fingerprint density at radius 1 is 1.19 bits per heavy atom. The van der Waals surface area contributed by atoms with Crippen molar-refractivity contribution >= 4 is 11.6 Å². The van der Waals surface area contributed by atoms with Crippen LogP contribution in [0.15, 0.2) is 24.3 Å². The van der Waals surface area contributed by atoms with Gasteiger partial charge in [-0.15, -0.1) is 0 Å². The highest BCUT2D eigenvalue weighted by molar-refractivity contribution is 5.79. The first-order valence-electron chi connectivity index (χ1n) is 8.02. The van der Waals surface area contributed by atoms with Crippen molar-refractivity contribution in [3.63, 3.8) is 0 Å². The fourth-order valence-corrected chi connectivity index (χ4v) is 2.84. The van der Waals surface area contributed by atoms with Crippen LogP contribution in [0.3, 0.4) is 0 Å². The molecule has 0 spiro atoms. The molecule has 21 heavy (non-hydrogen) atoms. The molecule has 1 aromatic carbocycles. The number of benzene rings is 1. The minimum atomic E-state index is 0.242. The van der Waals surface area contributed by atoms with Crippen LogP contribution in [-0.2, 0) is 16.0 Å².